The van der Waals surface area contributed by atoms with Gasteiger partial charge >= 0.3 is 0 Å². The normalized spacial score (nSPS) is 18.2. The van der Waals surface area contributed by atoms with Gasteiger partial charge in [0.1, 0.15) is 11.9 Å². The van der Waals surface area contributed by atoms with Gasteiger partial charge in [-0.2, -0.15) is 4.31 Å². The molecule has 0 aliphatic carbocycles. The van der Waals surface area contributed by atoms with Crippen molar-refractivity contribution < 1.29 is 17.7 Å². The first-order valence-corrected chi connectivity index (χ1v) is 10.3. The van der Waals surface area contributed by atoms with E-state index >= 15 is 0 Å². The summed E-state index contributed by atoms with van der Waals surface area (Å²) in [6, 6.07) is 16.2. The van der Waals surface area contributed by atoms with Gasteiger partial charge in [-0.05, 0) is 30.7 Å². The largest absolute Gasteiger partial charge is 0.327 e. The maximum atomic E-state index is 13.1. The first-order chi connectivity index (χ1) is 12.5. The molecular weight excluding hydrogens is 351 g/mol. The number of halogens is 1. The molecular formula is C20H24FN2O2S+. The predicted molar refractivity (Wildman–Crippen MR) is 101 cm³/mol. The van der Waals surface area contributed by atoms with Crippen molar-refractivity contribution in [1.29, 1.82) is 0 Å². The quantitative estimate of drug-likeness (QED) is 0.870. The van der Waals surface area contributed by atoms with Crippen molar-refractivity contribution in [1.82, 2.24) is 4.31 Å². The van der Waals surface area contributed by atoms with E-state index in [2.05, 4.69) is 6.92 Å². The average molecular weight is 375 g/mol. The molecule has 1 saturated heterocycles. The SMILES string of the molecule is C[C@@H](c1ccc(F)cc1)[NH+]1CCN(S(=O)(=O)/C=C/c2ccccc2)CC1. The van der Waals surface area contributed by atoms with Gasteiger partial charge in [0.15, 0.2) is 0 Å². The smallest absolute Gasteiger partial charge is 0.236 e. The monoisotopic (exact) mass is 375 g/mol. The highest BCUT2D eigenvalue weighted by Gasteiger charge is 2.30. The van der Waals surface area contributed by atoms with Gasteiger partial charge in [0.05, 0.1) is 26.2 Å². The van der Waals surface area contributed by atoms with E-state index in [1.54, 1.807) is 18.2 Å². The fraction of sp³-hybridized carbons (Fsp3) is 0.300. The molecule has 1 heterocycles. The minimum atomic E-state index is -3.41. The number of benzene rings is 2. The number of quaternary nitrogens is 1. The van der Waals surface area contributed by atoms with Crippen LogP contribution in [0.15, 0.2) is 60.0 Å². The second-order valence-corrected chi connectivity index (χ2v) is 8.41. The molecule has 3 rings (SSSR count). The molecule has 2 aromatic rings. The highest BCUT2D eigenvalue weighted by Crippen LogP contribution is 2.12. The molecule has 0 unspecified atom stereocenters. The Morgan fingerprint density at radius 3 is 2.27 bits per heavy atom. The van der Waals surface area contributed by atoms with Gasteiger partial charge < -0.3 is 4.90 Å². The van der Waals surface area contributed by atoms with Crippen LogP contribution in [0.3, 0.4) is 0 Å². The summed E-state index contributed by atoms with van der Waals surface area (Å²) in [5.41, 5.74) is 1.94. The van der Waals surface area contributed by atoms with Crippen LogP contribution in [0.4, 0.5) is 4.39 Å². The lowest BCUT2D eigenvalue weighted by Gasteiger charge is -2.34. The third-order valence-corrected chi connectivity index (χ3v) is 6.50. The van der Waals surface area contributed by atoms with Crippen LogP contribution < -0.4 is 4.90 Å². The molecule has 6 heteroatoms. The Bertz CT molecular complexity index is 843. The van der Waals surface area contributed by atoms with Gasteiger partial charge in [-0.3, -0.25) is 0 Å². The minimum absolute atomic E-state index is 0.209. The molecule has 26 heavy (non-hydrogen) atoms. The lowest BCUT2D eigenvalue weighted by atomic mass is 10.1. The van der Waals surface area contributed by atoms with Crippen LogP contribution in [0.25, 0.3) is 6.08 Å². The third-order valence-electron chi connectivity index (χ3n) is 4.94. The molecule has 1 aliphatic rings. The summed E-state index contributed by atoms with van der Waals surface area (Å²) < 4.78 is 39.7. The van der Waals surface area contributed by atoms with E-state index in [0.717, 1.165) is 24.2 Å². The van der Waals surface area contributed by atoms with Gasteiger partial charge in [-0.1, -0.05) is 42.5 Å². The van der Waals surface area contributed by atoms with Crippen molar-refractivity contribution in [3.63, 3.8) is 0 Å². The summed E-state index contributed by atoms with van der Waals surface area (Å²) in [6.07, 6.45) is 1.63. The molecule has 0 aromatic heterocycles. The highest BCUT2D eigenvalue weighted by atomic mass is 32.2. The topological polar surface area (TPSA) is 41.8 Å². The summed E-state index contributed by atoms with van der Waals surface area (Å²) >= 11 is 0. The molecule has 1 aliphatic heterocycles. The van der Waals surface area contributed by atoms with Crippen molar-refractivity contribution in [2.75, 3.05) is 26.2 Å². The number of hydrogen-bond acceptors (Lipinski definition) is 2. The van der Waals surface area contributed by atoms with Crippen LogP contribution in [0.1, 0.15) is 24.1 Å². The minimum Gasteiger partial charge on any atom is -0.327 e. The Kier molecular flexibility index (Phi) is 5.86. The Morgan fingerprint density at radius 2 is 1.65 bits per heavy atom. The Morgan fingerprint density at radius 1 is 1.04 bits per heavy atom. The number of piperazine rings is 1. The van der Waals surface area contributed by atoms with Crippen molar-refractivity contribution in [3.8, 4) is 0 Å². The maximum Gasteiger partial charge on any atom is 0.236 e. The first-order valence-electron chi connectivity index (χ1n) is 8.79. The maximum absolute atomic E-state index is 13.1. The fourth-order valence-corrected chi connectivity index (χ4v) is 4.46. The molecule has 138 valence electrons. The third kappa shape index (κ3) is 4.58. The molecule has 0 radical (unpaired) electrons. The van der Waals surface area contributed by atoms with Crippen LogP contribution in [-0.2, 0) is 10.0 Å². The molecule has 1 atom stereocenters. The fourth-order valence-electron chi connectivity index (χ4n) is 3.26. The van der Waals surface area contributed by atoms with Gasteiger partial charge in [-0.15, -0.1) is 0 Å². The van der Waals surface area contributed by atoms with Crippen LogP contribution in [0.2, 0.25) is 0 Å². The Hall–Kier alpha value is -2.02. The second-order valence-electron chi connectivity index (χ2n) is 6.59. The zero-order valence-corrected chi connectivity index (χ0v) is 15.6. The zero-order chi connectivity index (χ0) is 18.6. The van der Waals surface area contributed by atoms with Crippen molar-refractivity contribution >= 4 is 16.1 Å². The summed E-state index contributed by atoms with van der Waals surface area (Å²) in [5, 5.41) is 1.29. The predicted octanol–water partition coefficient (Wildman–Crippen LogP) is 2.09. The van der Waals surface area contributed by atoms with Crippen LogP contribution in [0.5, 0.6) is 0 Å². The van der Waals surface area contributed by atoms with E-state index in [1.165, 1.54) is 26.7 Å². The number of hydrogen-bond donors (Lipinski definition) is 1. The average Bonchev–Trinajstić information content (AvgIpc) is 2.67. The van der Waals surface area contributed by atoms with Crippen molar-refractivity contribution in [2.24, 2.45) is 0 Å². The Balaban J connectivity index is 1.60. The summed E-state index contributed by atoms with van der Waals surface area (Å²) in [5.74, 6) is -0.239. The van der Waals surface area contributed by atoms with Gasteiger partial charge in [0.25, 0.3) is 0 Å². The van der Waals surface area contributed by atoms with Crippen LogP contribution >= 0.6 is 0 Å². The van der Waals surface area contributed by atoms with Gasteiger partial charge in [-0.25, -0.2) is 12.8 Å². The number of rotatable bonds is 5. The van der Waals surface area contributed by atoms with E-state index in [9.17, 15) is 12.8 Å². The lowest BCUT2D eigenvalue weighted by molar-refractivity contribution is -0.933. The zero-order valence-electron chi connectivity index (χ0n) is 14.8. The summed E-state index contributed by atoms with van der Waals surface area (Å²) in [7, 11) is -3.41. The lowest BCUT2D eigenvalue weighted by Crippen LogP contribution is -3.14. The highest BCUT2D eigenvalue weighted by molar-refractivity contribution is 7.92. The molecule has 4 nitrogen and oxygen atoms in total. The van der Waals surface area contributed by atoms with Crippen LogP contribution in [0, 0.1) is 5.82 Å². The van der Waals surface area contributed by atoms with Crippen molar-refractivity contribution in [3.05, 3.63) is 76.9 Å². The van der Waals surface area contributed by atoms with E-state index in [-0.39, 0.29) is 11.9 Å². The van der Waals surface area contributed by atoms with Gasteiger partial charge in [0.2, 0.25) is 10.0 Å². The molecule has 1 fully saturated rings. The first kappa shape index (κ1) is 18.8. The molecule has 1 N–H and O–H groups in total. The molecule has 0 saturated carbocycles. The van der Waals surface area contributed by atoms with E-state index in [1.807, 2.05) is 30.3 Å². The Labute approximate surface area is 154 Å². The van der Waals surface area contributed by atoms with E-state index in [4.69, 9.17) is 0 Å². The van der Waals surface area contributed by atoms with E-state index < -0.39 is 10.0 Å². The molecule has 0 bridgehead atoms. The standard InChI is InChI=1S/C20H23FN2O2S/c1-17(19-7-9-20(21)10-8-19)22-12-14-23(15-13-22)26(24,25)16-11-18-5-3-2-4-6-18/h2-11,16-17H,12-15H2,1H3/p+1/b16-11+/t17-/m0/s1. The van der Waals surface area contributed by atoms with Gasteiger partial charge in [0, 0.05) is 11.0 Å². The second kappa shape index (κ2) is 8.12. The van der Waals surface area contributed by atoms with Crippen molar-refractivity contribution in [2.45, 2.75) is 13.0 Å². The number of sulfonamides is 1. The summed E-state index contributed by atoms with van der Waals surface area (Å²) in [4.78, 5) is 1.31. The molecule has 2 aromatic carbocycles. The molecule has 0 amide bonds. The summed E-state index contributed by atoms with van der Waals surface area (Å²) in [6.45, 7) is 4.54. The number of nitrogens with one attached hydrogen (secondary N) is 1. The molecule has 0 spiro atoms. The number of nitrogens with zero attached hydrogens (tertiary/aromatic N) is 1. The van der Waals surface area contributed by atoms with E-state index in [0.29, 0.717) is 13.1 Å². The van der Waals surface area contributed by atoms with Crippen LogP contribution in [-0.4, -0.2) is 38.9 Å².